The van der Waals surface area contributed by atoms with Gasteiger partial charge in [0.15, 0.2) is 30.5 Å². The average molecular weight is 1790 g/mol. The minimum absolute atomic E-state index is 0.00554. The first-order valence-electron chi connectivity index (χ1n) is 43.8. The average Bonchev–Trinajstić information content (AvgIpc) is 1.77. The minimum atomic E-state index is -3.62. The van der Waals surface area contributed by atoms with Crippen molar-refractivity contribution >= 4 is 112 Å². The van der Waals surface area contributed by atoms with Crippen LogP contribution in [-0.2, 0) is 62.7 Å². The highest BCUT2D eigenvalue weighted by Crippen LogP contribution is 2.40. The number of amides is 8. The van der Waals surface area contributed by atoms with Crippen molar-refractivity contribution in [2.24, 2.45) is 0 Å². The van der Waals surface area contributed by atoms with Crippen LogP contribution in [0, 0.1) is 0 Å². The SMILES string of the molecule is COC(=O)[C@@H]1CCC=CCCCCC[C@H](NC(=O)NC2(CS(=O)(=O)C(C)(C)C)CCCCC2)C(=O)N2CC(Oc3cc(-c4csc(NC(C)C)n4)nc4cc(OC)ccc34)C[C@H]2C(=O)N1.COC(=O)c1cc(OC2C[C@H]3C(=O)N[C@H](C(=O)OC)CCC=CCCCCC[C@H](NC(=O)NC4(CS(=O)(=O)C(C)(C)C)CCCCC4)C(=O)N3C2)c2ccc(OC)cc2n1. The van der Waals surface area contributed by atoms with Gasteiger partial charge in [0.05, 0.1) is 97.4 Å². The number of rotatable bonds is 20. The second-order valence-electron chi connectivity index (χ2n) is 35.8. The highest BCUT2D eigenvalue weighted by atomic mass is 32.2. The number of pyridine rings is 2. The first kappa shape index (κ1) is 97.3. The number of hydrogen-bond donors (Lipinski definition) is 7. The van der Waals surface area contributed by atoms with Gasteiger partial charge < -0.3 is 80.2 Å². The number of carbonyl (C=O) groups is 9. The number of aromatic nitrogens is 3. The molecule has 0 spiro atoms. The first-order valence-corrected chi connectivity index (χ1v) is 48.0. The minimum Gasteiger partial charge on any atom is -0.497 e. The maximum absolute atomic E-state index is 15.0. The van der Waals surface area contributed by atoms with E-state index in [1.807, 2.05) is 55.7 Å². The summed E-state index contributed by atoms with van der Waals surface area (Å²) in [7, 11) is -0.409. The van der Waals surface area contributed by atoms with Gasteiger partial charge in [0, 0.05) is 59.3 Å². The Morgan fingerprint density at radius 1 is 0.520 bits per heavy atom. The molecule has 2 saturated heterocycles. The molecule has 4 aliphatic heterocycles. The smallest absolute Gasteiger partial charge is 0.356 e. The van der Waals surface area contributed by atoms with Gasteiger partial charge >= 0.3 is 30.0 Å². The number of methoxy groups -OCH3 is 5. The number of carbonyl (C=O) groups excluding carboxylic acids is 9. The van der Waals surface area contributed by atoms with Crippen molar-refractivity contribution in [3.8, 4) is 34.4 Å². The number of nitrogens with zero attached hydrogens (tertiary/aromatic N) is 5. The van der Waals surface area contributed by atoms with Gasteiger partial charge in [-0.15, -0.1) is 11.3 Å². The second-order valence-corrected chi connectivity index (χ2v) is 42.2. The van der Waals surface area contributed by atoms with Crippen molar-refractivity contribution < 1.29 is 93.1 Å². The largest absolute Gasteiger partial charge is 0.497 e. The maximum atomic E-state index is 15.0. The normalized spacial score (nSPS) is 22.8. The Bertz CT molecular complexity index is 4940. The van der Waals surface area contributed by atoms with Crippen LogP contribution >= 0.6 is 11.3 Å². The Balaban J connectivity index is 0.000000262. The zero-order chi connectivity index (χ0) is 90.6. The number of fused-ring (bicyclic) bond motifs is 4. The Hall–Kier alpha value is -9.90. The summed E-state index contributed by atoms with van der Waals surface area (Å²) < 4.78 is 91.3. The number of ether oxygens (including phenoxy) is 7. The summed E-state index contributed by atoms with van der Waals surface area (Å²) >= 11 is 1.46. The fourth-order valence-electron chi connectivity index (χ4n) is 16.9. The Kier molecular flexibility index (Phi) is 33.9. The fraction of sp³-hybridized carbons (Fsp3) is 0.622. The molecule has 8 amide bonds. The summed E-state index contributed by atoms with van der Waals surface area (Å²) in [6, 6.07) is 6.39. The number of sulfone groups is 2. The molecule has 2 aromatic carbocycles. The van der Waals surface area contributed by atoms with Crippen molar-refractivity contribution in [3.63, 3.8) is 0 Å². The van der Waals surface area contributed by atoms with Crippen molar-refractivity contribution in [3.05, 3.63) is 83.9 Å². The van der Waals surface area contributed by atoms with Crippen molar-refractivity contribution in [2.45, 2.75) is 297 Å². The lowest BCUT2D eigenvalue weighted by atomic mass is 9.83. The van der Waals surface area contributed by atoms with E-state index in [1.54, 1.807) is 79.0 Å². The van der Waals surface area contributed by atoms with Crippen LogP contribution in [0.1, 0.15) is 233 Å². The lowest BCUT2D eigenvalue weighted by Gasteiger charge is -2.40. The number of anilines is 1. The molecule has 7 heterocycles. The lowest BCUT2D eigenvalue weighted by molar-refractivity contribution is -0.147. The zero-order valence-corrected chi connectivity index (χ0v) is 77.0. The molecule has 125 heavy (non-hydrogen) atoms. The fourth-order valence-corrected chi connectivity index (χ4v) is 20.8. The molecule has 3 aromatic heterocycles. The van der Waals surface area contributed by atoms with Crippen molar-refractivity contribution in [1.29, 1.82) is 0 Å². The molecule has 0 radical (unpaired) electrons. The number of esters is 3. The molecule has 686 valence electrons. The third-order valence-corrected chi connectivity index (χ3v) is 30.5. The van der Waals surface area contributed by atoms with Crippen LogP contribution in [0.4, 0.5) is 14.7 Å². The number of nitrogens with one attached hydrogen (secondary N) is 7. The molecule has 2 saturated carbocycles. The standard InChI is InChI=1S/C47H67N7O9S2.C43H61N5O11S/c1-30(2)48-45-52-38(28-64-45)37-26-40(33-21-20-31(61-6)24-36(33)49-37)63-32-25-39-41(55)50-35(43(57)62-7)19-15-12-10-8-9-11-14-18-34(42(56)54(39)27-32)51-44(58)53-47(22-16-13-17-23-47)29-65(59,60)46(3,4)5;1-42(2,3)60(54,55)27-43(21-15-12-16-22-43)47-41(53)46-31-17-13-10-8-7-9-11-14-18-32(39(51)57-5)45-37(49)35-24-29(26-48(35)38(31)50)59-36-25-34(40(52)58-6)44-33-23-28(56-4)19-20-30(33)36/h10,12,20-21,24,26,28,30,32,34-35,39H,8-9,11,13-19,22-23,25,27,29H2,1-7H3,(H,48,52)(H,50,55)(H2,51,53,58);9,11,19-20,23,25,29,31-32,35H,7-8,10,12-18,21-22,24,26-27H2,1-6H3,(H,45,49)(H2,46,47,53)/t32?,34-,35-,39-;29?,31-,32-,35-/m00/s1. The van der Waals surface area contributed by atoms with Gasteiger partial charge in [-0.05, 0) is 170 Å². The van der Waals surface area contributed by atoms with Crippen LogP contribution in [-0.4, -0.2) is 230 Å². The molecular weight excluding hydrogens is 1670 g/mol. The van der Waals surface area contributed by atoms with E-state index in [9.17, 15) is 55.2 Å². The summed E-state index contributed by atoms with van der Waals surface area (Å²) in [5.41, 5.74) is 0.142. The highest BCUT2D eigenvalue weighted by Gasteiger charge is 2.49. The number of hydrogen-bond acceptors (Lipinski definition) is 25. The molecule has 11 rings (SSSR count). The monoisotopic (exact) mass is 1790 g/mol. The second kappa shape index (κ2) is 43.5. The van der Waals surface area contributed by atoms with E-state index in [1.165, 1.54) is 55.6 Å². The highest BCUT2D eigenvalue weighted by molar-refractivity contribution is 7.93. The van der Waals surface area contributed by atoms with E-state index in [0.717, 1.165) is 82.2 Å². The van der Waals surface area contributed by atoms with Crippen LogP contribution < -0.4 is 56.2 Å². The molecule has 2 aliphatic carbocycles. The zero-order valence-electron chi connectivity index (χ0n) is 74.5. The summed E-state index contributed by atoms with van der Waals surface area (Å²) in [6.07, 6.45) is 21.6. The quantitative estimate of drug-likeness (QED) is 0.0216. The van der Waals surface area contributed by atoms with Gasteiger partial charge in [0.1, 0.15) is 77.2 Å². The van der Waals surface area contributed by atoms with E-state index >= 15 is 4.79 Å². The predicted octanol–water partition coefficient (Wildman–Crippen LogP) is 12.0. The van der Waals surface area contributed by atoms with Crippen molar-refractivity contribution in [2.75, 3.05) is 65.5 Å². The molecule has 2 unspecified atom stereocenters. The topological polar surface area (TPSA) is 416 Å². The van der Waals surface area contributed by atoms with E-state index in [0.29, 0.717) is 108 Å². The third kappa shape index (κ3) is 25.9. The summed E-state index contributed by atoms with van der Waals surface area (Å²) in [6.45, 7) is 13.9. The van der Waals surface area contributed by atoms with E-state index < -0.39 is 142 Å². The molecule has 5 aromatic rings. The van der Waals surface area contributed by atoms with Crippen molar-refractivity contribution in [1.82, 2.24) is 56.7 Å². The molecule has 6 aliphatic rings. The maximum Gasteiger partial charge on any atom is 0.356 e. The number of allylic oxidation sites excluding steroid dienone is 4. The first-order chi connectivity index (χ1) is 59.4. The van der Waals surface area contributed by atoms with E-state index in [2.05, 4.69) is 42.2 Å². The van der Waals surface area contributed by atoms with Gasteiger partial charge in [0.25, 0.3) is 0 Å². The molecule has 35 heteroatoms. The molecule has 32 nitrogen and oxygen atoms in total. The van der Waals surface area contributed by atoms with Gasteiger partial charge in [-0.25, -0.2) is 55.8 Å². The Morgan fingerprint density at radius 2 is 0.944 bits per heavy atom. The van der Waals surface area contributed by atoms with Crippen LogP contribution in [0.2, 0.25) is 0 Å². The summed E-state index contributed by atoms with van der Waals surface area (Å²) in [5, 5.41) is 24.8. The predicted molar refractivity (Wildman–Crippen MR) is 477 cm³/mol. The lowest BCUT2D eigenvalue weighted by Crippen LogP contribution is -2.61. The van der Waals surface area contributed by atoms with Gasteiger partial charge in [-0.2, -0.15) is 0 Å². The number of benzene rings is 2. The molecular formula is C90H128N12O20S3. The number of thiazole rings is 1. The summed E-state index contributed by atoms with van der Waals surface area (Å²) in [5.74, 6) is -2.71. The summed E-state index contributed by atoms with van der Waals surface area (Å²) in [4.78, 5) is 142. The van der Waals surface area contributed by atoms with E-state index in [-0.39, 0.29) is 74.2 Å². The molecule has 8 atom stereocenters. The molecule has 4 fully saturated rings. The van der Waals surface area contributed by atoms with Crippen LogP contribution in [0.15, 0.2) is 78.2 Å². The van der Waals surface area contributed by atoms with Gasteiger partial charge in [-0.1, -0.05) is 88.5 Å². The van der Waals surface area contributed by atoms with Crippen LogP contribution in [0.25, 0.3) is 33.2 Å². The van der Waals surface area contributed by atoms with E-state index in [4.69, 9.17) is 43.1 Å². The Morgan fingerprint density at radius 3 is 1.36 bits per heavy atom. The third-order valence-electron chi connectivity index (χ3n) is 24.1. The van der Waals surface area contributed by atoms with Gasteiger partial charge in [-0.3, -0.25) is 19.2 Å². The number of urea groups is 2. The molecule has 0 bridgehead atoms. The van der Waals surface area contributed by atoms with Crippen LogP contribution in [0.5, 0.6) is 23.0 Å². The van der Waals surface area contributed by atoms with Crippen LogP contribution in [0.3, 0.4) is 0 Å². The molecule has 7 N–H and O–H groups in total. The Labute approximate surface area is 738 Å². The van der Waals surface area contributed by atoms with Gasteiger partial charge in [0.2, 0.25) is 23.6 Å².